The molecule has 2 amide bonds. The Morgan fingerprint density at radius 2 is 2.28 bits per heavy atom. The molecule has 3 aromatic rings. The Morgan fingerprint density at radius 3 is 3.12 bits per heavy atom. The fraction of sp³-hybridized carbons (Fsp3) is 0.412. The van der Waals surface area contributed by atoms with Gasteiger partial charge in [0.25, 0.3) is 0 Å². The van der Waals surface area contributed by atoms with Gasteiger partial charge >= 0.3 is 6.03 Å². The fourth-order valence-electron chi connectivity index (χ4n) is 3.23. The van der Waals surface area contributed by atoms with E-state index >= 15 is 0 Å². The monoisotopic (exact) mass is 340 g/mol. The molecule has 1 N–H and O–H groups in total. The number of aromatic nitrogens is 4. The molecule has 1 atom stereocenters. The number of amides is 2. The maximum atomic E-state index is 12.2. The van der Waals surface area contributed by atoms with Crippen LogP contribution in [0, 0.1) is 0 Å². The van der Waals surface area contributed by atoms with Crippen LogP contribution in [0.3, 0.4) is 0 Å². The fourth-order valence-corrected chi connectivity index (χ4v) is 3.23. The molecule has 1 aromatic carbocycles. The summed E-state index contributed by atoms with van der Waals surface area (Å²) in [5, 5.41) is 4.12. The van der Waals surface area contributed by atoms with E-state index in [-0.39, 0.29) is 11.9 Å². The number of likely N-dealkylation sites (tertiary alicyclic amines) is 1. The lowest BCUT2D eigenvalue weighted by Crippen LogP contribution is -2.44. The van der Waals surface area contributed by atoms with E-state index < -0.39 is 0 Å². The number of piperidine rings is 1. The number of H-pyrrole nitrogens is 1. The zero-order chi connectivity index (χ0) is 17.4. The highest BCUT2D eigenvalue weighted by Crippen LogP contribution is 2.28. The lowest BCUT2D eigenvalue weighted by molar-refractivity contribution is 0.149. The third kappa shape index (κ3) is 2.95. The van der Waals surface area contributed by atoms with Gasteiger partial charge in [0.1, 0.15) is 0 Å². The first kappa shape index (κ1) is 15.6. The molecule has 1 aliphatic rings. The van der Waals surface area contributed by atoms with Crippen molar-refractivity contribution in [1.82, 2.24) is 29.9 Å². The van der Waals surface area contributed by atoms with E-state index in [2.05, 4.69) is 20.1 Å². The van der Waals surface area contributed by atoms with E-state index in [1.54, 1.807) is 25.3 Å². The molecular formula is C17H20N6O2. The van der Waals surface area contributed by atoms with Gasteiger partial charge in [-0.05, 0) is 31.0 Å². The number of urea groups is 1. The van der Waals surface area contributed by atoms with Crippen molar-refractivity contribution in [3.8, 4) is 11.4 Å². The van der Waals surface area contributed by atoms with Gasteiger partial charge in [0.15, 0.2) is 0 Å². The first-order valence-corrected chi connectivity index (χ1v) is 8.35. The zero-order valence-corrected chi connectivity index (χ0v) is 14.3. The van der Waals surface area contributed by atoms with Crippen molar-refractivity contribution in [3.63, 3.8) is 0 Å². The number of rotatable bonds is 2. The van der Waals surface area contributed by atoms with E-state index in [0.717, 1.165) is 36.0 Å². The van der Waals surface area contributed by atoms with Gasteiger partial charge in [0.05, 0.1) is 23.3 Å². The molecule has 1 unspecified atom stereocenters. The van der Waals surface area contributed by atoms with Crippen molar-refractivity contribution in [2.75, 3.05) is 27.2 Å². The molecule has 1 aliphatic heterocycles. The Kier molecular flexibility index (Phi) is 3.87. The molecular weight excluding hydrogens is 320 g/mol. The summed E-state index contributed by atoms with van der Waals surface area (Å²) in [5.74, 6) is 1.23. The number of carbonyl (C=O) groups excluding carboxylic acids is 1. The number of aromatic amines is 1. The van der Waals surface area contributed by atoms with Crippen LogP contribution >= 0.6 is 0 Å². The standard InChI is InChI=1S/C17H20N6O2/c1-22(2)17(24)23-7-3-4-12(9-23)16-20-15(21-25-16)11-5-6-13-14(8-11)19-10-18-13/h5-6,8,10,12H,3-4,7,9H2,1-2H3,(H,18,19). The van der Waals surface area contributed by atoms with Gasteiger partial charge in [-0.2, -0.15) is 4.98 Å². The lowest BCUT2D eigenvalue weighted by Gasteiger charge is -2.32. The largest absolute Gasteiger partial charge is 0.345 e. The van der Waals surface area contributed by atoms with Crippen LogP contribution in [-0.2, 0) is 0 Å². The smallest absolute Gasteiger partial charge is 0.319 e. The summed E-state index contributed by atoms with van der Waals surface area (Å²) in [6.45, 7) is 1.38. The lowest BCUT2D eigenvalue weighted by atomic mass is 9.98. The molecule has 1 saturated heterocycles. The van der Waals surface area contributed by atoms with Gasteiger partial charge in [0.2, 0.25) is 11.7 Å². The van der Waals surface area contributed by atoms with E-state index in [1.165, 1.54) is 0 Å². The summed E-state index contributed by atoms with van der Waals surface area (Å²) < 4.78 is 5.50. The normalized spacial score (nSPS) is 17.8. The highest BCUT2D eigenvalue weighted by Gasteiger charge is 2.29. The molecule has 0 aliphatic carbocycles. The highest BCUT2D eigenvalue weighted by atomic mass is 16.5. The SMILES string of the molecule is CN(C)C(=O)N1CCCC(c2nc(-c3ccc4nc[nH]c4c3)no2)C1. The van der Waals surface area contributed by atoms with Crippen molar-refractivity contribution in [2.45, 2.75) is 18.8 Å². The van der Waals surface area contributed by atoms with Crippen molar-refractivity contribution < 1.29 is 9.32 Å². The van der Waals surface area contributed by atoms with Crippen LogP contribution in [0.4, 0.5) is 4.79 Å². The Bertz CT molecular complexity index is 899. The summed E-state index contributed by atoms with van der Waals surface area (Å²) in [6, 6.07) is 5.84. The molecule has 130 valence electrons. The van der Waals surface area contributed by atoms with Crippen molar-refractivity contribution in [1.29, 1.82) is 0 Å². The van der Waals surface area contributed by atoms with Gasteiger partial charge in [-0.15, -0.1) is 0 Å². The summed E-state index contributed by atoms with van der Waals surface area (Å²) in [7, 11) is 3.53. The third-order valence-electron chi connectivity index (χ3n) is 4.54. The number of hydrogen-bond donors (Lipinski definition) is 1. The average molecular weight is 340 g/mol. The average Bonchev–Trinajstić information content (AvgIpc) is 3.29. The van der Waals surface area contributed by atoms with Crippen molar-refractivity contribution >= 4 is 17.1 Å². The zero-order valence-electron chi connectivity index (χ0n) is 14.3. The first-order valence-electron chi connectivity index (χ1n) is 8.35. The maximum Gasteiger partial charge on any atom is 0.319 e. The molecule has 2 aromatic heterocycles. The Morgan fingerprint density at radius 1 is 1.40 bits per heavy atom. The highest BCUT2D eigenvalue weighted by molar-refractivity contribution is 5.79. The number of fused-ring (bicyclic) bond motifs is 1. The minimum atomic E-state index is 0.0223. The maximum absolute atomic E-state index is 12.2. The first-order chi connectivity index (χ1) is 12.1. The number of hydrogen-bond acceptors (Lipinski definition) is 5. The quantitative estimate of drug-likeness (QED) is 0.774. The van der Waals surface area contributed by atoms with E-state index in [9.17, 15) is 4.79 Å². The molecule has 25 heavy (non-hydrogen) atoms. The predicted octanol–water partition coefficient (Wildman–Crippen LogP) is 2.47. The van der Waals surface area contributed by atoms with Gasteiger partial charge in [-0.3, -0.25) is 0 Å². The van der Waals surface area contributed by atoms with Gasteiger partial charge in [0, 0.05) is 32.7 Å². The van der Waals surface area contributed by atoms with Crippen LogP contribution in [0.1, 0.15) is 24.7 Å². The van der Waals surface area contributed by atoms with Crippen LogP contribution in [-0.4, -0.2) is 63.1 Å². The molecule has 0 radical (unpaired) electrons. The van der Waals surface area contributed by atoms with Crippen LogP contribution in [0.5, 0.6) is 0 Å². The molecule has 3 heterocycles. The number of carbonyl (C=O) groups is 1. The number of imidazole rings is 1. The number of nitrogens with one attached hydrogen (secondary N) is 1. The van der Waals surface area contributed by atoms with E-state index in [1.807, 2.05) is 23.1 Å². The van der Waals surface area contributed by atoms with Crippen LogP contribution in [0.2, 0.25) is 0 Å². The Balaban J connectivity index is 1.55. The van der Waals surface area contributed by atoms with Crippen molar-refractivity contribution in [2.24, 2.45) is 0 Å². The minimum absolute atomic E-state index is 0.0223. The summed E-state index contributed by atoms with van der Waals surface area (Å²) >= 11 is 0. The van der Waals surface area contributed by atoms with Crippen LogP contribution < -0.4 is 0 Å². The van der Waals surface area contributed by atoms with Gasteiger partial charge in [-0.1, -0.05) is 5.16 Å². The second-order valence-corrected chi connectivity index (χ2v) is 6.55. The molecule has 1 fully saturated rings. The van der Waals surface area contributed by atoms with E-state index in [0.29, 0.717) is 18.3 Å². The van der Waals surface area contributed by atoms with Crippen LogP contribution in [0.15, 0.2) is 29.0 Å². The third-order valence-corrected chi connectivity index (χ3v) is 4.54. The molecule has 8 heteroatoms. The van der Waals surface area contributed by atoms with Gasteiger partial charge in [-0.25, -0.2) is 9.78 Å². The molecule has 8 nitrogen and oxygen atoms in total. The minimum Gasteiger partial charge on any atom is -0.345 e. The summed E-state index contributed by atoms with van der Waals surface area (Å²) in [4.78, 5) is 27.5. The molecule has 0 spiro atoms. The summed E-state index contributed by atoms with van der Waals surface area (Å²) in [6.07, 6.45) is 3.54. The Labute approximate surface area is 144 Å². The predicted molar refractivity (Wildman–Crippen MR) is 92.0 cm³/mol. The van der Waals surface area contributed by atoms with Crippen molar-refractivity contribution in [3.05, 3.63) is 30.4 Å². The van der Waals surface area contributed by atoms with Crippen LogP contribution in [0.25, 0.3) is 22.4 Å². The molecule has 0 bridgehead atoms. The molecule has 0 saturated carbocycles. The second-order valence-electron chi connectivity index (χ2n) is 6.55. The second kappa shape index (κ2) is 6.19. The summed E-state index contributed by atoms with van der Waals surface area (Å²) in [5.41, 5.74) is 2.71. The van der Waals surface area contributed by atoms with E-state index in [4.69, 9.17) is 4.52 Å². The topological polar surface area (TPSA) is 91.2 Å². The Hall–Kier alpha value is -2.90. The van der Waals surface area contributed by atoms with Gasteiger partial charge < -0.3 is 19.3 Å². The molecule has 4 rings (SSSR count). The number of nitrogens with zero attached hydrogens (tertiary/aromatic N) is 5. The number of benzene rings is 1.